The molecular weight excluding hydrogens is 538 g/mol. The van der Waals surface area contributed by atoms with Crippen molar-refractivity contribution >= 4 is 21.4 Å². The standard InChI is InChI=1S/C32H37N3O5S/c1-33-17-19-34(20-18-33)28-8-3-24(4-9-28)31(36)35-15-13-25(14-16-35)32-39-22-27-21-26(7-12-30(27)40-32)23-5-10-29(11-6-23)41(2,37)38/h3-12,21,25,32H,13-20,22H2,1-2H3. The van der Waals surface area contributed by atoms with E-state index in [1.807, 2.05) is 47.4 Å². The summed E-state index contributed by atoms with van der Waals surface area (Å²) in [4.78, 5) is 20.2. The zero-order chi connectivity index (χ0) is 28.6. The molecule has 9 heteroatoms. The second-order valence-corrected chi connectivity index (χ2v) is 13.4. The molecule has 1 amide bonds. The zero-order valence-electron chi connectivity index (χ0n) is 23.7. The first-order valence-electron chi connectivity index (χ1n) is 14.3. The predicted molar refractivity (Wildman–Crippen MR) is 159 cm³/mol. The smallest absolute Gasteiger partial charge is 0.253 e. The quantitative estimate of drug-likeness (QED) is 0.449. The summed E-state index contributed by atoms with van der Waals surface area (Å²) in [6.45, 7) is 5.95. The Bertz CT molecular complexity index is 1490. The number of sulfone groups is 1. The van der Waals surface area contributed by atoms with Gasteiger partial charge in [-0.15, -0.1) is 0 Å². The number of ether oxygens (including phenoxy) is 2. The molecule has 8 nitrogen and oxygen atoms in total. The van der Waals surface area contributed by atoms with Crippen molar-refractivity contribution in [3.05, 3.63) is 77.9 Å². The Morgan fingerprint density at radius 2 is 1.49 bits per heavy atom. The topological polar surface area (TPSA) is 79.4 Å². The van der Waals surface area contributed by atoms with Gasteiger partial charge >= 0.3 is 0 Å². The fraction of sp³-hybridized carbons (Fsp3) is 0.406. The molecule has 3 heterocycles. The monoisotopic (exact) mass is 575 g/mol. The van der Waals surface area contributed by atoms with Crippen LogP contribution >= 0.6 is 0 Å². The fourth-order valence-electron chi connectivity index (χ4n) is 5.88. The highest BCUT2D eigenvalue weighted by molar-refractivity contribution is 7.90. The number of carbonyl (C=O) groups excluding carboxylic acids is 1. The number of benzene rings is 3. The van der Waals surface area contributed by atoms with Crippen molar-refractivity contribution in [2.75, 3.05) is 57.5 Å². The molecular formula is C32H37N3O5S. The average Bonchev–Trinajstić information content (AvgIpc) is 3.00. The number of hydrogen-bond donors (Lipinski definition) is 0. The summed E-state index contributed by atoms with van der Waals surface area (Å²) < 4.78 is 35.9. The molecule has 0 aromatic heterocycles. The number of likely N-dealkylation sites (tertiary alicyclic amines) is 1. The molecule has 3 aliphatic rings. The van der Waals surface area contributed by atoms with Gasteiger partial charge in [0.15, 0.2) is 9.84 Å². The van der Waals surface area contributed by atoms with Crippen LogP contribution in [0, 0.1) is 5.92 Å². The van der Waals surface area contributed by atoms with E-state index in [0.29, 0.717) is 24.6 Å². The summed E-state index contributed by atoms with van der Waals surface area (Å²) in [5, 5.41) is 0. The summed E-state index contributed by atoms with van der Waals surface area (Å²) in [7, 11) is -1.08. The highest BCUT2D eigenvalue weighted by atomic mass is 32.2. The molecule has 41 heavy (non-hydrogen) atoms. The van der Waals surface area contributed by atoms with E-state index >= 15 is 0 Å². The summed E-state index contributed by atoms with van der Waals surface area (Å²) in [6, 6.07) is 21.0. The van der Waals surface area contributed by atoms with Crippen molar-refractivity contribution in [1.29, 1.82) is 0 Å². The highest BCUT2D eigenvalue weighted by Crippen LogP contribution is 2.35. The van der Waals surface area contributed by atoms with Crippen LogP contribution in [0.15, 0.2) is 71.6 Å². The van der Waals surface area contributed by atoms with Crippen LogP contribution in [0.5, 0.6) is 5.75 Å². The van der Waals surface area contributed by atoms with Crippen LogP contribution < -0.4 is 9.64 Å². The van der Waals surface area contributed by atoms with E-state index < -0.39 is 9.84 Å². The Kier molecular flexibility index (Phi) is 7.76. The third-order valence-electron chi connectivity index (χ3n) is 8.52. The lowest BCUT2D eigenvalue weighted by Gasteiger charge is -2.38. The van der Waals surface area contributed by atoms with E-state index in [9.17, 15) is 13.2 Å². The molecule has 0 spiro atoms. The van der Waals surface area contributed by atoms with Gasteiger partial charge in [0.2, 0.25) is 6.29 Å². The SMILES string of the molecule is CN1CCN(c2ccc(C(=O)N3CCC(C4OCc5cc(-c6ccc(S(C)(=O)=O)cc6)ccc5O4)CC3)cc2)CC1. The molecule has 3 aliphatic heterocycles. The minimum atomic E-state index is -3.23. The summed E-state index contributed by atoms with van der Waals surface area (Å²) >= 11 is 0. The van der Waals surface area contributed by atoms with Crippen molar-refractivity contribution in [1.82, 2.24) is 9.80 Å². The Morgan fingerprint density at radius 1 is 0.829 bits per heavy atom. The Hall–Kier alpha value is -3.40. The number of amides is 1. The number of nitrogens with zero attached hydrogens (tertiary/aromatic N) is 3. The number of rotatable bonds is 5. The lowest BCUT2D eigenvalue weighted by atomic mass is 9.94. The third kappa shape index (κ3) is 6.12. The minimum absolute atomic E-state index is 0.0845. The molecule has 2 fully saturated rings. The second-order valence-electron chi connectivity index (χ2n) is 11.4. The van der Waals surface area contributed by atoms with Gasteiger partial charge in [-0.05, 0) is 79.5 Å². The van der Waals surface area contributed by atoms with Gasteiger partial charge in [0.25, 0.3) is 5.91 Å². The van der Waals surface area contributed by atoms with Crippen LogP contribution in [0.4, 0.5) is 5.69 Å². The second kappa shape index (κ2) is 11.5. The molecule has 0 aliphatic carbocycles. The molecule has 2 saturated heterocycles. The van der Waals surface area contributed by atoms with E-state index in [1.54, 1.807) is 12.1 Å². The number of hydrogen-bond acceptors (Lipinski definition) is 7. The predicted octanol–water partition coefficient (Wildman–Crippen LogP) is 4.30. The Balaban J connectivity index is 1.03. The number of likely N-dealkylation sites (N-methyl/N-ethyl adjacent to an activating group) is 1. The fourth-order valence-corrected chi connectivity index (χ4v) is 6.51. The van der Waals surface area contributed by atoms with Gasteiger partial charge in [-0.25, -0.2) is 8.42 Å². The number of carbonyl (C=O) groups is 1. The molecule has 0 saturated carbocycles. The molecule has 216 valence electrons. The Morgan fingerprint density at radius 3 is 2.15 bits per heavy atom. The molecule has 3 aromatic carbocycles. The minimum Gasteiger partial charge on any atom is -0.464 e. The van der Waals surface area contributed by atoms with Crippen LogP contribution in [-0.2, 0) is 21.2 Å². The molecule has 6 rings (SSSR count). The van der Waals surface area contributed by atoms with Crippen molar-refractivity contribution in [2.45, 2.75) is 30.6 Å². The number of fused-ring (bicyclic) bond motifs is 1. The number of piperazine rings is 1. The maximum absolute atomic E-state index is 13.2. The van der Waals surface area contributed by atoms with Crippen molar-refractivity contribution in [2.24, 2.45) is 5.92 Å². The van der Waals surface area contributed by atoms with Crippen molar-refractivity contribution in [3.8, 4) is 16.9 Å². The van der Waals surface area contributed by atoms with Crippen LogP contribution in [0.1, 0.15) is 28.8 Å². The summed E-state index contributed by atoms with van der Waals surface area (Å²) in [5.41, 5.74) is 4.81. The molecule has 0 radical (unpaired) electrons. The van der Waals surface area contributed by atoms with E-state index in [4.69, 9.17) is 9.47 Å². The first-order valence-corrected chi connectivity index (χ1v) is 16.2. The van der Waals surface area contributed by atoms with E-state index in [0.717, 1.165) is 67.0 Å². The number of piperidine rings is 1. The van der Waals surface area contributed by atoms with Crippen molar-refractivity contribution in [3.63, 3.8) is 0 Å². The van der Waals surface area contributed by atoms with E-state index in [2.05, 4.69) is 29.0 Å². The summed E-state index contributed by atoms with van der Waals surface area (Å²) in [5.74, 6) is 1.12. The molecule has 1 unspecified atom stereocenters. The molecule has 0 bridgehead atoms. The van der Waals surface area contributed by atoms with Gasteiger partial charge in [-0.1, -0.05) is 18.2 Å². The molecule has 3 aromatic rings. The van der Waals surface area contributed by atoms with Gasteiger partial charge in [0, 0.05) is 68.3 Å². The maximum Gasteiger partial charge on any atom is 0.253 e. The van der Waals surface area contributed by atoms with Crippen LogP contribution in [0.25, 0.3) is 11.1 Å². The molecule has 0 N–H and O–H groups in total. The van der Waals surface area contributed by atoms with E-state index in [1.165, 1.54) is 11.9 Å². The van der Waals surface area contributed by atoms with E-state index in [-0.39, 0.29) is 18.1 Å². The zero-order valence-corrected chi connectivity index (χ0v) is 24.5. The van der Waals surface area contributed by atoms with Crippen LogP contribution in [0.3, 0.4) is 0 Å². The van der Waals surface area contributed by atoms with Gasteiger partial charge in [0.05, 0.1) is 11.5 Å². The Labute approximate surface area is 242 Å². The number of anilines is 1. The van der Waals surface area contributed by atoms with Gasteiger partial charge in [-0.2, -0.15) is 0 Å². The maximum atomic E-state index is 13.2. The van der Waals surface area contributed by atoms with Gasteiger partial charge < -0.3 is 24.2 Å². The lowest BCUT2D eigenvalue weighted by Crippen LogP contribution is -2.44. The first kappa shape index (κ1) is 27.8. The van der Waals surface area contributed by atoms with Crippen molar-refractivity contribution < 1.29 is 22.7 Å². The highest BCUT2D eigenvalue weighted by Gasteiger charge is 2.33. The van der Waals surface area contributed by atoms with Gasteiger partial charge in [-0.3, -0.25) is 4.79 Å². The summed E-state index contributed by atoms with van der Waals surface area (Å²) in [6.07, 6.45) is 2.54. The normalized spacial score (nSPS) is 20.4. The molecule has 1 atom stereocenters. The third-order valence-corrected chi connectivity index (χ3v) is 9.65. The largest absolute Gasteiger partial charge is 0.464 e. The average molecular weight is 576 g/mol. The van der Waals surface area contributed by atoms with Crippen LogP contribution in [-0.4, -0.2) is 83.0 Å². The first-order chi connectivity index (χ1) is 19.7. The van der Waals surface area contributed by atoms with Gasteiger partial charge in [0.1, 0.15) is 5.75 Å². The van der Waals surface area contributed by atoms with Crippen LogP contribution in [0.2, 0.25) is 0 Å². The lowest BCUT2D eigenvalue weighted by molar-refractivity contribution is -0.148.